The number of hydrogen-bond acceptors (Lipinski definition) is 1. The van der Waals surface area contributed by atoms with E-state index in [2.05, 4.69) is 66.9 Å². The Morgan fingerprint density at radius 1 is 1.24 bits per heavy atom. The van der Waals surface area contributed by atoms with Crippen molar-refractivity contribution in [1.82, 2.24) is 0 Å². The third-order valence-corrected chi connectivity index (χ3v) is 9.99. The van der Waals surface area contributed by atoms with Crippen molar-refractivity contribution in [2.75, 3.05) is 6.61 Å². The summed E-state index contributed by atoms with van der Waals surface area (Å²) >= 11 is 0. The van der Waals surface area contributed by atoms with Crippen molar-refractivity contribution in [3.63, 3.8) is 0 Å². The molecule has 0 aromatic carbocycles. The lowest BCUT2D eigenvalue weighted by Gasteiger charge is -2.62. The highest BCUT2D eigenvalue weighted by molar-refractivity contribution is 5.36. The van der Waals surface area contributed by atoms with Crippen molar-refractivity contribution >= 4 is 0 Å². The first-order valence-corrected chi connectivity index (χ1v) is 12.2. The molecule has 3 rings (SSSR count). The van der Waals surface area contributed by atoms with Gasteiger partial charge in [0.05, 0.1) is 12.4 Å². The van der Waals surface area contributed by atoms with Crippen LogP contribution in [0.4, 0.5) is 0 Å². The van der Waals surface area contributed by atoms with Crippen molar-refractivity contribution in [1.29, 1.82) is 0 Å². The van der Waals surface area contributed by atoms with E-state index in [1.807, 2.05) is 0 Å². The Hall–Kier alpha value is -0.980. The number of ether oxygens (including phenoxy) is 1. The summed E-state index contributed by atoms with van der Waals surface area (Å²) in [7, 11) is 0. The van der Waals surface area contributed by atoms with Crippen molar-refractivity contribution in [2.45, 2.75) is 99.3 Å². The predicted octanol–water partition coefficient (Wildman–Crippen LogP) is 8.72. The van der Waals surface area contributed by atoms with Crippen LogP contribution in [-0.4, -0.2) is 6.61 Å². The predicted molar refractivity (Wildman–Crippen MR) is 128 cm³/mol. The molecule has 4 unspecified atom stereocenters. The zero-order valence-electron chi connectivity index (χ0n) is 20.2. The van der Waals surface area contributed by atoms with Gasteiger partial charge in [-0.1, -0.05) is 65.3 Å². The first kappa shape index (κ1) is 22.7. The lowest BCUT2D eigenvalue weighted by Crippen LogP contribution is -2.55. The quantitative estimate of drug-likeness (QED) is 0.292. The third kappa shape index (κ3) is 3.26. The summed E-state index contributed by atoms with van der Waals surface area (Å²) in [5.41, 5.74) is 2.92. The first-order valence-electron chi connectivity index (χ1n) is 12.2. The van der Waals surface area contributed by atoms with Crippen LogP contribution in [0.1, 0.15) is 101 Å². The van der Waals surface area contributed by atoms with E-state index < -0.39 is 0 Å². The molecule has 5 atom stereocenters. The summed E-state index contributed by atoms with van der Waals surface area (Å²) in [5.74, 6) is 2.52. The average molecular weight is 401 g/mol. The molecule has 3 aliphatic rings. The molecule has 3 fully saturated rings. The molecule has 3 saturated carbocycles. The van der Waals surface area contributed by atoms with Gasteiger partial charge in [0.25, 0.3) is 0 Å². The van der Waals surface area contributed by atoms with Gasteiger partial charge >= 0.3 is 0 Å². The average Bonchev–Trinajstić information content (AvgIpc) is 2.86. The third-order valence-electron chi connectivity index (χ3n) is 9.99. The molecule has 0 saturated heterocycles. The van der Waals surface area contributed by atoms with E-state index in [0.29, 0.717) is 22.2 Å². The van der Waals surface area contributed by atoms with Crippen LogP contribution in [-0.2, 0) is 4.74 Å². The molecule has 3 aliphatic carbocycles. The van der Waals surface area contributed by atoms with Gasteiger partial charge in [0, 0.05) is 18.7 Å². The van der Waals surface area contributed by atoms with E-state index in [1.54, 1.807) is 5.57 Å². The van der Waals surface area contributed by atoms with E-state index in [9.17, 15) is 0 Å². The summed E-state index contributed by atoms with van der Waals surface area (Å²) < 4.78 is 6.39. The van der Waals surface area contributed by atoms with Crippen molar-refractivity contribution in [2.24, 2.45) is 33.5 Å². The normalized spacial score (nSPS) is 41.8. The maximum absolute atomic E-state index is 6.39. The maximum Gasteiger partial charge on any atom is 0.0973 e. The highest BCUT2D eigenvalue weighted by atomic mass is 16.5. The maximum atomic E-state index is 6.39. The van der Waals surface area contributed by atoms with Gasteiger partial charge in [0.15, 0.2) is 0 Å². The second kappa shape index (κ2) is 7.93. The minimum Gasteiger partial charge on any atom is -0.498 e. The first-order chi connectivity index (χ1) is 13.6. The Labute approximate surface area is 182 Å². The molecule has 1 spiro atoms. The molecular formula is C28H48O. The van der Waals surface area contributed by atoms with Gasteiger partial charge in [0.1, 0.15) is 0 Å². The lowest BCUT2D eigenvalue weighted by molar-refractivity contribution is -0.0670. The smallest absolute Gasteiger partial charge is 0.0973 e. The van der Waals surface area contributed by atoms with E-state index in [4.69, 9.17) is 4.74 Å². The van der Waals surface area contributed by atoms with Gasteiger partial charge in [-0.15, -0.1) is 6.58 Å². The van der Waals surface area contributed by atoms with Crippen LogP contribution >= 0.6 is 0 Å². The molecule has 0 aliphatic heterocycles. The summed E-state index contributed by atoms with van der Waals surface area (Å²) in [5, 5.41) is 0. The topological polar surface area (TPSA) is 9.23 Å². The monoisotopic (exact) mass is 400 g/mol. The molecule has 0 amide bonds. The van der Waals surface area contributed by atoms with Crippen LogP contribution in [0.15, 0.2) is 36.6 Å². The van der Waals surface area contributed by atoms with E-state index in [-0.39, 0.29) is 6.84 Å². The second-order valence-electron chi connectivity index (χ2n) is 11.4. The summed E-state index contributed by atoms with van der Waals surface area (Å²) in [4.78, 5) is 0. The van der Waals surface area contributed by atoms with Gasteiger partial charge in [-0.25, -0.2) is 0 Å². The minimum atomic E-state index is 0. The Morgan fingerprint density at radius 3 is 2.59 bits per heavy atom. The Balaban J connectivity index is 0.00000320. The summed E-state index contributed by atoms with van der Waals surface area (Å²) in [6, 6.07) is 0. The lowest BCUT2D eigenvalue weighted by atomic mass is 9.42. The SMILES string of the molecule is C=CCC1(COC(=C)CCCC)CC[C@@]2(C)CCC3CC2(/C1=C/C)C(C)C3(C)C.[HH]. The zero-order valence-corrected chi connectivity index (χ0v) is 20.2. The number of fused-ring (bicyclic) bond motifs is 1. The minimum absolute atomic E-state index is 0. The fourth-order valence-electron chi connectivity index (χ4n) is 7.86. The summed E-state index contributed by atoms with van der Waals surface area (Å²) in [6.45, 7) is 24.0. The van der Waals surface area contributed by atoms with Crippen LogP contribution in [0.3, 0.4) is 0 Å². The number of hydrogen-bond donors (Lipinski definition) is 0. The molecule has 166 valence electrons. The largest absolute Gasteiger partial charge is 0.498 e. The highest BCUT2D eigenvalue weighted by Gasteiger charge is 2.70. The number of rotatable bonds is 8. The number of allylic oxidation sites excluding steroid dienone is 3. The molecule has 0 N–H and O–H groups in total. The second-order valence-corrected chi connectivity index (χ2v) is 11.4. The van der Waals surface area contributed by atoms with Gasteiger partial charge in [0.2, 0.25) is 0 Å². The van der Waals surface area contributed by atoms with Crippen molar-refractivity contribution in [3.05, 3.63) is 36.6 Å². The van der Waals surface area contributed by atoms with Crippen LogP contribution in [0.2, 0.25) is 0 Å². The number of unbranched alkanes of at least 4 members (excludes halogenated alkanes) is 1. The van der Waals surface area contributed by atoms with Crippen molar-refractivity contribution < 1.29 is 6.16 Å². The molecule has 0 radical (unpaired) electrons. The molecular weight excluding hydrogens is 352 g/mol. The Bertz CT molecular complexity index is 676. The molecule has 1 heteroatoms. The highest BCUT2D eigenvalue weighted by Crippen LogP contribution is 2.77. The molecule has 0 heterocycles. The summed E-state index contributed by atoms with van der Waals surface area (Å²) in [6.07, 6.45) is 15.7. The Kier molecular flexibility index (Phi) is 6.21. The molecule has 2 bridgehead atoms. The standard InChI is InChI=1S/C28H46O.H2/c1-9-12-13-21(4)29-20-27(15-10-2)18-17-26(8)16-14-23-19-28(26,24(27)11-3)22(5)25(23,6)7;/h10-11,22-23H,2,4,9,12-20H2,1,3,5-8H3;1H/b24-11+;/t22?,23?,26-,27?,28?;/m1./s1. The molecule has 1 nitrogen and oxygen atoms in total. The zero-order chi connectivity index (χ0) is 21.5. The van der Waals surface area contributed by atoms with Crippen LogP contribution < -0.4 is 0 Å². The van der Waals surface area contributed by atoms with Gasteiger partial charge < -0.3 is 4.74 Å². The fourth-order valence-corrected chi connectivity index (χ4v) is 7.86. The fraction of sp³-hybridized carbons (Fsp3) is 0.786. The van der Waals surface area contributed by atoms with Gasteiger partial charge in [-0.2, -0.15) is 0 Å². The van der Waals surface area contributed by atoms with Crippen LogP contribution in [0, 0.1) is 33.5 Å². The molecule has 0 aromatic heterocycles. The van der Waals surface area contributed by atoms with E-state index >= 15 is 0 Å². The van der Waals surface area contributed by atoms with E-state index in [1.165, 1.54) is 44.9 Å². The van der Waals surface area contributed by atoms with E-state index in [0.717, 1.165) is 31.1 Å². The van der Waals surface area contributed by atoms with Gasteiger partial charge in [-0.3, -0.25) is 0 Å². The van der Waals surface area contributed by atoms with Crippen LogP contribution in [0.25, 0.3) is 0 Å². The van der Waals surface area contributed by atoms with Crippen molar-refractivity contribution in [3.8, 4) is 0 Å². The van der Waals surface area contributed by atoms with Crippen LogP contribution in [0.5, 0.6) is 0 Å². The molecule has 0 aromatic rings. The Morgan fingerprint density at radius 2 is 1.97 bits per heavy atom. The molecule has 29 heavy (non-hydrogen) atoms. The van der Waals surface area contributed by atoms with Gasteiger partial charge in [-0.05, 0) is 74.5 Å².